The van der Waals surface area contributed by atoms with Crippen LogP contribution in [0, 0.1) is 0 Å². The van der Waals surface area contributed by atoms with Crippen molar-refractivity contribution in [2.45, 2.75) is 19.8 Å². The Hall–Kier alpha value is -0.850. The number of halogens is 1. The van der Waals surface area contributed by atoms with Crippen LogP contribution in [0.3, 0.4) is 0 Å². The van der Waals surface area contributed by atoms with E-state index in [0.29, 0.717) is 11.6 Å². The average molecular weight is 263 g/mol. The van der Waals surface area contributed by atoms with E-state index in [2.05, 4.69) is 20.3 Å². The van der Waals surface area contributed by atoms with E-state index >= 15 is 0 Å². The number of hydrazine groups is 1. The SMILES string of the molecule is CCC/C(Cl)=N/OC(=O)NN1CCN(C)CC1. The number of oxime groups is 1. The van der Waals surface area contributed by atoms with Crippen molar-refractivity contribution >= 4 is 22.9 Å². The number of carbonyl (C=O) groups excluding carboxylic acids is 1. The van der Waals surface area contributed by atoms with Gasteiger partial charge in [-0.2, -0.15) is 0 Å². The van der Waals surface area contributed by atoms with Gasteiger partial charge in [0.1, 0.15) is 5.17 Å². The molecule has 0 bridgehead atoms. The van der Waals surface area contributed by atoms with Gasteiger partial charge in [-0.1, -0.05) is 23.7 Å². The molecule has 1 aliphatic rings. The summed E-state index contributed by atoms with van der Waals surface area (Å²) in [5.41, 5.74) is 2.62. The zero-order valence-electron chi connectivity index (χ0n) is 10.3. The van der Waals surface area contributed by atoms with E-state index in [1.165, 1.54) is 0 Å². The molecular weight excluding hydrogens is 244 g/mol. The molecule has 0 aromatic carbocycles. The highest BCUT2D eigenvalue weighted by Crippen LogP contribution is 1.99. The highest BCUT2D eigenvalue weighted by Gasteiger charge is 2.16. The molecule has 0 atom stereocenters. The first-order valence-electron chi connectivity index (χ1n) is 5.75. The van der Waals surface area contributed by atoms with Crippen molar-refractivity contribution in [2.75, 3.05) is 33.2 Å². The second-order valence-corrected chi connectivity index (χ2v) is 4.43. The largest absolute Gasteiger partial charge is 0.448 e. The molecule has 1 rings (SSSR count). The lowest BCUT2D eigenvalue weighted by molar-refractivity contribution is 0.0781. The number of piperazine rings is 1. The first-order valence-corrected chi connectivity index (χ1v) is 6.13. The Balaban J connectivity index is 2.23. The van der Waals surface area contributed by atoms with Crippen LogP contribution in [0.25, 0.3) is 0 Å². The molecule has 1 aliphatic heterocycles. The fourth-order valence-corrected chi connectivity index (χ4v) is 1.63. The van der Waals surface area contributed by atoms with Gasteiger partial charge in [0.25, 0.3) is 0 Å². The van der Waals surface area contributed by atoms with Crippen LogP contribution < -0.4 is 5.43 Å². The number of amides is 1. The van der Waals surface area contributed by atoms with E-state index in [9.17, 15) is 4.79 Å². The van der Waals surface area contributed by atoms with E-state index in [0.717, 1.165) is 32.6 Å². The van der Waals surface area contributed by atoms with Crippen molar-refractivity contribution in [3.05, 3.63) is 0 Å². The molecule has 0 aromatic heterocycles. The number of nitrogens with zero attached hydrogens (tertiary/aromatic N) is 3. The third-order valence-corrected chi connectivity index (χ3v) is 2.69. The Morgan fingerprint density at radius 1 is 1.41 bits per heavy atom. The minimum atomic E-state index is -0.594. The fraction of sp³-hybridized carbons (Fsp3) is 0.800. The van der Waals surface area contributed by atoms with Crippen molar-refractivity contribution in [1.29, 1.82) is 0 Å². The van der Waals surface area contributed by atoms with Gasteiger partial charge < -0.3 is 4.90 Å². The molecule has 1 heterocycles. The van der Waals surface area contributed by atoms with Crippen LogP contribution in [0.15, 0.2) is 5.16 Å². The third kappa shape index (κ3) is 5.86. The van der Waals surface area contributed by atoms with Gasteiger partial charge in [0.05, 0.1) is 0 Å². The molecule has 98 valence electrons. The summed E-state index contributed by atoms with van der Waals surface area (Å²) in [4.78, 5) is 18.2. The van der Waals surface area contributed by atoms with Crippen molar-refractivity contribution in [3.8, 4) is 0 Å². The van der Waals surface area contributed by atoms with Crippen LogP contribution in [0.4, 0.5) is 4.79 Å². The summed E-state index contributed by atoms with van der Waals surface area (Å²) in [5.74, 6) is 0. The highest BCUT2D eigenvalue weighted by molar-refractivity contribution is 6.65. The minimum absolute atomic E-state index is 0.307. The molecule has 7 heteroatoms. The van der Waals surface area contributed by atoms with Crippen LogP contribution in [-0.2, 0) is 4.84 Å². The van der Waals surface area contributed by atoms with Gasteiger partial charge in [-0.15, -0.1) is 0 Å². The quantitative estimate of drug-likeness (QED) is 0.470. The maximum absolute atomic E-state index is 11.3. The Bertz CT molecular complexity index is 277. The van der Waals surface area contributed by atoms with Crippen LogP contribution in [0.2, 0.25) is 0 Å². The first-order chi connectivity index (χ1) is 8.11. The van der Waals surface area contributed by atoms with E-state index in [1.54, 1.807) is 0 Å². The third-order valence-electron chi connectivity index (χ3n) is 2.44. The lowest BCUT2D eigenvalue weighted by Crippen LogP contribution is -2.52. The van der Waals surface area contributed by atoms with Crippen molar-refractivity contribution in [2.24, 2.45) is 5.16 Å². The molecule has 0 radical (unpaired) electrons. The molecule has 0 aliphatic carbocycles. The van der Waals surface area contributed by atoms with Gasteiger partial charge in [-0.3, -0.25) is 10.3 Å². The van der Waals surface area contributed by atoms with Gasteiger partial charge in [-0.05, 0) is 13.5 Å². The summed E-state index contributed by atoms with van der Waals surface area (Å²) in [6.45, 7) is 5.36. The normalized spacial score (nSPS) is 19.1. The summed E-state index contributed by atoms with van der Waals surface area (Å²) in [5, 5.41) is 5.64. The van der Waals surface area contributed by atoms with Gasteiger partial charge >= 0.3 is 6.09 Å². The Kier molecular flexibility index (Phi) is 6.25. The molecule has 17 heavy (non-hydrogen) atoms. The van der Waals surface area contributed by atoms with Crippen molar-refractivity contribution in [1.82, 2.24) is 15.3 Å². The standard InChI is InChI=1S/C10H19ClN4O2/c1-3-4-9(11)13-17-10(16)12-15-7-5-14(2)6-8-15/h3-8H2,1-2H3,(H,12,16)/b13-9-. The molecule has 1 amide bonds. The second kappa shape index (κ2) is 7.47. The van der Waals surface area contributed by atoms with Gasteiger partial charge in [0, 0.05) is 32.6 Å². The van der Waals surface area contributed by atoms with Crippen LogP contribution in [0.5, 0.6) is 0 Å². The van der Waals surface area contributed by atoms with E-state index < -0.39 is 6.09 Å². The van der Waals surface area contributed by atoms with Gasteiger partial charge in [0.15, 0.2) is 0 Å². The lowest BCUT2D eigenvalue weighted by atomic mass is 10.4. The predicted octanol–water partition coefficient (Wildman–Crippen LogP) is 1.23. The summed E-state index contributed by atoms with van der Waals surface area (Å²) in [7, 11) is 2.05. The topological polar surface area (TPSA) is 57.2 Å². The number of likely N-dealkylation sites (N-methyl/N-ethyl adjacent to an activating group) is 1. The number of hydrogen-bond acceptors (Lipinski definition) is 5. The maximum Gasteiger partial charge on any atom is 0.448 e. The van der Waals surface area contributed by atoms with E-state index in [-0.39, 0.29) is 0 Å². The predicted molar refractivity (Wildman–Crippen MR) is 66.9 cm³/mol. The number of hydrogen-bond donors (Lipinski definition) is 1. The molecule has 1 saturated heterocycles. The Morgan fingerprint density at radius 2 is 2.06 bits per heavy atom. The number of carbonyl (C=O) groups is 1. The monoisotopic (exact) mass is 262 g/mol. The first kappa shape index (κ1) is 14.2. The molecule has 1 N–H and O–H groups in total. The minimum Gasteiger partial charge on any atom is -0.304 e. The van der Waals surface area contributed by atoms with E-state index in [1.807, 2.05) is 19.0 Å². The zero-order chi connectivity index (χ0) is 12.7. The number of rotatable bonds is 4. The molecule has 0 spiro atoms. The Labute approximate surface area is 106 Å². The summed E-state index contributed by atoms with van der Waals surface area (Å²) in [6.07, 6.45) is 0.888. The van der Waals surface area contributed by atoms with Gasteiger partial charge in [0.2, 0.25) is 0 Å². The zero-order valence-corrected chi connectivity index (χ0v) is 11.0. The van der Waals surface area contributed by atoms with Crippen LogP contribution in [0.1, 0.15) is 19.8 Å². The molecule has 1 fully saturated rings. The molecular formula is C10H19ClN4O2. The Morgan fingerprint density at radius 3 is 2.65 bits per heavy atom. The molecule has 0 unspecified atom stereocenters. The second-order valence-electron chi connectivity index (χ2n) is 4.00. The molecule has 6 nitrogen and oxygen atoms in total. The highest BCUT2D eigenvalue weighted by atomic mass is 35.5. The van der Waals surface area contributed by atoms with Crippen LogP contribution in [-0.4, -0.2) is 54.4 Å². The van der Waals surface area contributed by atoms with Crippen molar-refractivity contribution < 1.29 is 9.63 Å². The lowest BCUT2D eigenvalue weighted by Gasteiger charge is -2.31. The summed E-state index contributed by atoms with van der Waals surface area (Å²) in [6, 6.07) is 0. The average Bonchev–Trinajstić information content (AvgIpc) is 2.30. The number of nitrogens with one attached hydrogen (secondary N) is 1. The van der Waals surface area contributed by atoms with E-state index in [4.69, 9.17) is 11.6 Å². The summed E-state index contributed by atoms with van der Waals surface area (Å²) < 4.78 is 0. The van der Waals surface area contributed by atoms with Crippen LogP contribution >= 0.6 is 11.6 Å². The maximum atomic E-state index is 11.3. The molecule has 0 aromatic rings. The molecule has 0 saturated carbocycles. The van der Waals surface area contributed by atoms with Gasteiger partial charge in [-0.25, -0.2) is 9.80 Å². The van der Waals surface area contributed by atoms with Crippen molar-refractivity contribution in [3.63, 3.8) is 0 Å². The smallest absolute Gasteiger partial charge is 0.304 e. The summed E-state index contributed by atoms with van der Waals surface area (Å²) >= 11 is 5.71. The fourth-order valence-electron chi connectivity index (χ4n) is 1.41.